The highest BCUT2D eigenvalue weighted by Gasteiger charge is 2.03. The fraction of sp³-hybridized carbons (Fsp3) is 0.0667. The van der Waals surface area contributed by atoms with Crippen LogP contribution in [0.25, 0.3) is 11.1 Å². The van der Waals surface area contributed by atoms with E-state index in [1.807, 2.05) is 6.07 Å². The van der Waals surface area contributed by atoms with Crippen LogP contribution in [0.4, 0.5) is 5.69 Å². The molecule has 0 fully saturated rings. The van der Waals surface area contributed by atoms with Crippen molar-refractivity contribution in [2.75, 3.05) is 5.32 Å². The largest absolute Gasteiger partial charge is 0.478 e. The molecule has 0 aliphatic rings. The molecule has 0 unspecified atom stereocenters. The normalized spacial score (nSPS) is 10.7. The van der Waals surface area contributed by atoms with E-state index < -0.39 is 11.7 Å². The number of anilines is 1. The second-order valence-corrected chi connectivity index (χ2v) is 4.58. The van der Waals surface area contributed by atoms with Crippen molar-refractivity contribution in [3.8, 4) is 0 Å². The van der Waals surface area contributed by atoms with Gasteiger partial charge in [-0.05, 0) is 35.9 Å². The van der Waals surface area contributed by atoms with E-state index in [9.17, 15) is 9.59 Å². The van der Waals surface area contributed by atoms with Crippen LogP contribution in [0.15, 0.2) is 51.7 Å². The summed E-state index contributed by atoms with van der Waals surface area (Å²) < 4.78 is 4.93. The van der Waals surface area contributed by atoms with Crippen LogP contribution >= 0.6 is 0 Å². The van der Waals surface area contributed by atoms with E-state index in [0.717, 1.165) is 11.3 Å². The van der Waals surface area contributed by atoms with Gasteiger partial charge in [0, 0.05) is 12.2 Å². The van der Waals surface area contributed by atoms with E-state index in [4.69, 9.17) is 9.52 Å². The molecular weight excluding hydrogens is 272 g/mol. The van der Waals surface area contributed by atoms with Crippen LogP contribution in [-0.2, 0) is 6.54 Å². The number of rotatable bonds is 4. The molecule has 1 heterocycles. The Hall–Kier alpha value is -3.02. The number of benzene rings is 2. The Balaban J connectivity index is 1.73. The lowest BCUT2D eigenvalue weighted by atomic mass is 10.1. The summed E-state index contributed by atoms with van der Waals surface area (Å²) in [5.74, 6) is -1.42. The summed E-state index contributed by atoms with van der Waals surface area (Å²) in [6.45, 7) is 0.549. The Labute approximate surface area is 119 Å². The van der Waals surface area contributed by atoms with Crippen LogP contribution < -0.4 is 11.1 Å². The quantitative estimate of drug-likeness (QED) is 0.684. The number of aromatic nitrogens is 1. The van der Waals surface area contributed by atoms with Gasteiger partial charge in [-0.25, -0.2) is 9.59 Å². The highest BCUT2D eigenvalue weighted by Crippen LogP contribution is 2.17. The van der Waals surface area contributed by atoms with E-state index in [2.05, 4.69) is 10.3 Å². The fourth-order valence-corrected chi connectivity index (χ4v) is 2.03. The maximum absolute atomic E-state index is 11.1. The van der Waals surface area contributed by atoms with E-state index >= 15 is 0 Å². The summed E-state index contributed by atoms with van der Waals surface area (Å²) in [6.07, 6.45) is 0. The molecule has 0 aliphatic heterocycles. The summed E-state index contributed by atoms with van der Waals surface area (Å²) in [6, 6.07) is 12.0. The number of carboxylic acid groups (broad SMARTS) is 1. The SMILES string of the molecule is O=C(O)c1ccc(CNc2ccc3oc(=O)[nH]c3c2)cc1. The van der Waals surface area contributed by atoms with Gasteiger partial charge in [0.15, 0.2) is 5.58 Å². The monoisotopic (exact) mass is 284 g/mol. The van der Waals surface area contributed by atoms with Crippen molar-refractivity contribution in [2.24, 2.45) is 0 Å². The molecule has 3 rings (SSSR count). The summed E-state index contributed by atoms with van der Waals surface area (Å²) in [5, 5.41) is 12.0. The lowest BCUT2D eigenvalue weighted by Gasteiger charge is -2.06. The predicted octanol–water partition coefficient (Wildman–Crippen LogP) is 2.43. The molecule has 21 heavy (non-hydrogen) atoms. The smallest absolute Gasteiger partial charge is 0.417 e. The third-order valence-corrected chi connectivity index (χ3v) is 3.12. The van der Waals surface area contributed by atoms with Crippen molar-refractivity contribution in [3.63, 3.8) is 0 Å². The Bertz CT molecular complexity index is 846. The average molecular weight is 284 g/mol. The van der Waals surface area contributed by atoms with Gasteiger partial charge in [-0.3, -0.25) is 4.98 Å². The molecule has 0 saturated heterocycles. The van der Waals surface area contributed by atoms with Gasteiger partial charge in [-0.15, -0.1) is 0 Å². The van der Waals surface area contributed by atoms with Gasteiger partial charge in [-0.1, -0.05) is 12.1 Å². The predicted molar refractivity (Wildman–Crippen MR) is 77.6 cm³/mol. The Morgan fingerprint density at radius 1 is 1.19 bits per heavy atom. The zero-order chi connectivity index (χ0) is 14.8. The van der Waals surface area contributed by atoms with E-state index in [-0.39, 0.29) is 5.56 Å². The van der Waals surface area contributed by atoms with Crippen molar-refractivity contribution < 1.29 is 14.3 Å². The van der Waals surface area contributed by atoms with E-state index in [0.29, 0.717) is 17.6 Å². The Kier molecular flexibility index (Phi) is 3.19. The third-order valence-electron chi connectivity index (χ3n) is 3.12. The molecule has 3 N–H and O–H groups in total. The number of hydrogen-bond donors (Lipinski definition) is 3. The second-order valence-electron chi connectivity index (χ2n) is 4.58. The number of oxazole rings is 1. The number of carboxylic acids is 1. The molecule has 0 bridgehead atoms. The van der Waals surface area contributed by atoms with E-state index in [1.54, 1.807) is 36.4 Å². The first-order valence-corrected chi connectivity index (χ1v) is 6.31. The molecule has 0 radical (unpaired) electrons. The number of fused-ring (bicyclic) bond motifs is 1. The van der Waals surface area contributed by atoms with Crippen LogP contribution in [0.3, 0.4) is 0 Å². The maximum atomic E-state index is 11.1. The van der Waals surface area contributed by atoms with Crippen LogP contribution in [0, 0.1) is 0 Å². The van der Waals surface area contributed by atoms with Crippen LogP contribution in [0.2, 0.25) is 0 Å². The zero-order valence-corrected chi connectivity index (χ0v) is 10.9. The number of hydrogen-bond acceptors (Lipinski definition) is 4. The van der Waals surface area contributed by atoms with Crippen molar-refractivity contribution in [1.29, 1.82) is 0 Å². The first-order chi connectivity index (χ1) is 10.1. The van der Waals surface area contributed by atoms with Gasteiger partial charge in [-0.2, -0.15) is 0 Å². The summed E-state index contributed by atoms with van der Waals surface area (Å²) >= 11 is 0. The van der Waals surface area contributed by atoms with Crippen LogP contribution in [0.5, 0.6) is 0 Å². The zero-order valence-electron chi connectivity index (χ0n) is 10.9. The van der Waals surface area contributed by atoms with Crippen LogP contribution in [0.1, 0.15) is 15.9 Å². The molecular formula is C15H12N2O4. The van der Waals surface area contributed by atoms with Gasteiger partial charge < -0.3 is 14.8 Å². The Morgan fingerprint density at radius 3 is 2.67 bits per heavy atom. The molecule has 0 saturated carbocycles. The molecule has 3 aromatic rings. The van der Waals surface area contributed by atoms with Crippen molar-refractivity contribution in [1.82, 2.24) is 4.98 Å². The number of aromatic amines is 1. The van der Waals surface area contributed by atoms with Crippen molar-refractivity contribution >= 4 is 22.8 Å². The molecule has 6 heteroatoms. The summed E-state index contributed by atoms with van der Waals surface area (Å²) in [4.78, 5) is 24.4. The van der Waals surface area contributed by atoms with Gasteiger partial charge in [0.05, 0.1) is 11.1 Å². The highest BCUT2D eigenvalue weighted by molar-refractivity contribution is 5.87. The van der Waals surface area contributed by atoms with Crippen molar-refractivity contribution in [3.05, 3.63) is 64.1 Å². The van der Waals surface area contributed by atoms with Gasteiger partial charge in [0.25, 0.3) is 0 Å². The summed E-state index contributed by atoms with van der Waals surface area (Å²) in [7, 11) is 0. The third kappa shape index (κ3) is 2.79. The first kappa shape index (κ1) is 13.0. The topological polar surface area (TPSA) is 95.3 Å². The average Bonchev–Trinajstić information content (AvgIpc) is 2.84. The minimum Gasteiger partial charge on any atom is -0.478 e. The molecule has 2 aromatic carbocycles. The lowest BCUT2D eigenvalue weighted by molar-refractivity contribution is 0.0697. The molecule has 0 spiro atoms. The van der Waals surface area contributed by atoms with Gasteiger partial charge in [0.2, 0.25) is 0 Å². The number of carbonyl (C=O) groups is 1. The lowest BCUT2D eigenvalue weighted by Crippen LogP contribution is -2.01. The number of H-pyrrole nitrogens is 1. The molecule has 106 valence electrons. The molecule has 1 aromatic heterocycles. The molecule has 0 aliphatic carbocycles. The number of aromatic carboxylic acids is 1. The summed E-state index contributed by atoms with van der Waals surface area (Å²) in [5.41, 5.74) is 3.20. The first-order valence-electron chi connectivity index (χ1n) is 6.31. The number of nitrogens with one attached hydrogen (secondary N) is 2. The minimum absolute atomic E-state index is 0.260. The fourth-order valence-electron chi connectivity index (χ4n) is 2.03. The highest BCUT2D eigenvalue weighted by atomic mass is 16.4. The van der Waals surface area contributed by atoms with Gasteiger partial charge in [0.1, 0.15) is 0 Å². The minimum atomic E-state index is -0.941. The standard InChI is InChI=1S/C15H12N2O4/c18-14(19)10-3-1-9(2-4-10)8-16-11-5-6-13-12(7-11)17-15(20)21-13/h1-7,16H,8H2,(H,17,20)(H,18,19). The van der Waals surface area contributed by atoms with Crippen molar-refractivity contribution in [2.45, 2.75) is 6.54 Å². The Morgan fingerprint density at radius 2 is 1.95 bits per heavy atom. The van der Waals surface area contributed by atoms with E-state index in [1.165, 1.54) is 0 Å². The van der Waals surface area contributed by atoms with Gasteiger partial charge >= 0.3 is 11.7 Å². The molecule has 0 atom stereocenters. The molecule has 0 amide bonds. The molecule has 6 nitrogen and oxygen atoms in total. The van der Waals surface area contributed by atoms with Crippen LogP contribution in [-0.4, -0.2) is 16.1 Å². The maximum Gasteiger partial charge on any atom is 0.417 e. The second kappa shape index (κ2) is 5.16.